The minimum absolute atomic E-state index is 0.0522. The van der Waals surface area contributed by atoms with Crippen LogP contribution in [0.15, 0.2) is 0 Å². The average molecular weight is 384 g/mol. The largest absolute Gasteiger partial charge is 0.466 e. The molecule has 0 aromatic heterocycles. The van der Waals surface area contributed by atoms with Crippen molar-refractivity contribution >= 4 is 36.3 Å². The van der Waals surface area contributed by atoms with Crippen molar-refractivity contribution in [3.63, 3.8) is 0 Å². The number of halogens is 1. The van der Waals surface area contributed by atoms with Crippen LogP contribution in [0.1, 0.15) is 26.2 Å². The van der Waals surface area contributed by atoms with E-state index >= 15 is 0 Å². The van der Waals surface area contributed by atoms with Crippen molar-refractivity contribution in [1.29, 1.82) is 0 Å². The zero-order chi connectivity index (χ0) is 13.0. The summed E-state index contributed by atoms with van der Waals surface area (Å²) in [6.45, 7) is 6.67. The summed E-state index contributed by atoms with van der Waals surface area (Å²) < 4.78 is 7.43. The lowest BCUT2D eigenvalue weighted by atomic mass is 10.1. The van der Waals surface area contributed by atoms with Gasteiger partial charge < -0.3 is 4.74 Å². The Kier molecular flexibility index (Phi) is 6.03. The number of hydrogen-bond acceptors (Lipinski definition) is 5. The highest BCUT2D eigenvalue weighted by atomic mass is 127. The highest BCUT2D eigenvalue weighted by molar-refractivity contribution is 14.2. The van der Waals surface area contributed by atoms with E-state index in [0.29, 0.717) is 19.1 Å². The molecule has 104 valence electrons. The fraction of sp³-hybridized carbons (Fsp3) is 0.917. The Morgan fingerprint density at radius 1 is 1.44 bits per heavy atom. The van der Waals surface area contributed by atoms with Crippen molar-refractivity contribution in [3.05, 3.63) is 0 Å². The second-order valence-corrected chi connectivity index (χ2v) is 6.89. The third-order valence-electron chi connectivity index (χ3n) is 3.56. The highest BCUT2D eigenvalue weighted by Crippen LogP contribution is 2.32. The number of carbonyl (C=O) groups is 1. The Bertz CT molecular complexity index is 289. The first kappa shape index (κ1) is 14.9. The number of esters is 1. The molecule has 0 spiro atoms. The van der Waals surface area contributed by atoms with Gasteiger partial charge in [0.1, 0.15) is 0 Å². The maximum Gasteiger partial charge on any atom is 0.307 e. The first-order valence-electron chi connectivity index (χ1n) is 6.66. The average Bonchev–Trinajstić information content (AvgIpc) is 3.15. The summed E-state index contributed by atoms with van der Waals surface area (Å²) in [6.07, 6.45) is 3.27. The van der Waals surface area contributed by atoms with Crippen LogP contribution in [0.3, 0.4) is 0 Å². The predicted octanol–water partition coefficient (Wildman–Crippen LogP) is 2.33. The van der Waals surface area contributed by atoms with Crippen molar-refractivity contribution in [2.45, 2.75) is 32.2 Å². The van der Waals surface area contributed by atoms with Crippen molar-refractivity contribution in [1.82, 2.24) is 9.21 Å². The van der Waals surface area contributed by atoms with Crippen LogP contribution in [0.5, 0.6) is 0 Å². The summed E-state index contributed by atoms with van der Waals surface area (Å²) in [5.74, 6) is 0.831. The van der Waals surface area contributed by atoms with Gasteiger partial charge >= 0.3 is 5.97 Å². The Hall–Kier alpha value is 0.470. The molecule has 4 nitrogen and oxygen atoms in total. The Morgan fingerprint density at radius 3 is 2.83 bits per heavy atom. The molecule has 0 radical (unpaired) electrons. The van der Waals surface area contributed by atoms with Gasteiger partial charge in [-0.15, -0.1) is 0 Å². The van der Waals surface area contributed by atoms with Crippen molar-refractivity contribution in [2.75, 3.05) is 32.8 Å². The molecule has 1 heterocycles. The molecule has 1 atom stereocenters. The minimum Gasteiger partial charge on any atom is -0.466 e. The van der Waals surface area contributed by atoms with Crippen LogP contribution in [0, 0.1) is 5.92 Å². The van der Waals surface area contributed by atoms with E-state index in [-0.39, 0.29) is 5.97 Å². The topological polar surface area (TPSA) is 32.8 Å². The van der Waals surface area contributed by atoms with Crippen molar-refractivity contribution in [3.8, 4) is 0 Å². The van der Waals surface area contributed by atoms with Crippen LogP contribution >= 0.6 is 30.3 Å². The first-order chi connectivity index (χ1) is 8.72. The first-order valence-corrected chi connectivity index (χ1v) is 9.97. The zero-order valence-electron chi connectivity index (χ0n) is 10.8. The van der Waals surface area contributed by atoms with Gasteiger partial charge in [-0.25, -0.2) is 4.31 Å². The monoisotopic (exact) mass is 384 g/mol. The van der Waals surface area contributed by atoms with E-state index in [4.69, 9.17) is 4.74 Å². The lowest BCUT2D eigenvalue weighted by molar-refractivity contribution is -0.145. The molecule has 1 saturated heterocycles. The summed E-state index contributed by atoms with van der Waals surface area (Å²) in [5, 5.41) is 0. The molecule has 0 amide bonds. The zero-order valence-corrected chi connectivity index (χ0v) is 13.8. The molecule has 0 bridgehead atoms. The van der Waals surface area contributed by atoms with Crippen LogP contribution < -0.4 is 0 Å². The van der Waals surface area contributed by atoms with E-state index in [0.717, 1.165) is 25.6 Å². The van der Waals surface area contributed by atoms with E-state index in [2.05, 4.69) is 30.4 Å². The van der Waals surface area contributed by atoms with Gasteiger partial charge in [-0.05, 0) is 34.8 Å². The lowest BCUT2D eigenvalue weighted by Gasteiger charge is -2.39. The number of piperazine rings is 1. The second-order valence-electron chi connectivity index (χ2n) is 5.06. The molecule has 6 heteroatoms. The fourth-order valence-electron chi connectivity index (χ4n) is 2.41. The van der Waals surface area contributed by atoms with Crippen LogP contribution in [-0.2, 0) is 9.53 Å². The third kappa shape index (κ3) is 4.54. The minimum atomic E-state index is -0.0522. The van der Waals surface area contributed by atoms with Crippen LogP contribution in [-0.4, -0.2) is 54.0 Å². The van der Waals surface area contributed by atoms with E-state index < -0.39 is 0 Å². The predicted molar refractivity (Wildman–Crippen MR) is 82.5 cm³/mol. The number of ether oxygens (including phenoxy) is 1. The molecule has 2 rings (SSSR count). The summed E-state index contributed by atoms with van der Waals surface area (Å²) in [5.41, 5.74) is 0. The molecule has 2 fully saturated rings. The molecule has 2 aliphatic rings. The van der Waals surface area contributed by atoms with E-state index in [1.807, 2.05) is 6.92 Å². The second kappa shape index (κ2) is 7.31. The number of carbonyl (C=O) groups excluding carboxylic acids is 1. The van der Waals surface area contributed by atoms with Crippen molar-refractivity contribution < 1.29 is 9.53 Å². The quantitative estimate of drug-likeness (QED) is 0.399. The van der Waals surface area contributed by atoms with Crippen LogP contribution in [0.4, 0.5) is 0 Å². The number of nitrogens with zero attached hydrogens (tertiary/aromatic N) is 2. The van der Waals surface area contributed by atoms with Gasteiger partial charge in [0.25, 0.3) is 0 Å². The molecule has 1 aliphatic heterocycles. The van der Waals surface area contributed by atoms with Crippen molar-refractivity contribution in [2.24, 2.45) is 5.92 Å². The van der Waals surface area contributed by atoms with Gasteiger partial charge in [-0.1, -0.05) is 0 Å². The molecule has 0 N–H and O–H groups in total. The molecule has 0 aromatic rings. The summed E-state index contributed by atoms with van der Waals surface area (Å²) in [7, 11) is 1.75. The lowest BCUT2D eigenvalue weighted by Crippen LogP contribution is -2.52. The fourth-order valence-corrected chi connectivity index (χ4v) is 3.86. The Balaban J connectivity index is 1.87. The normalized spacial score (nSPS) is 26.2. The molecular weight excluding hydrogens is 363 g/mol. The van der Waals surface area contributed by atoms with Gasteiger partial charge in [0.15, 0.2) is 0 Å². The summed E-state index contributed by atoms with van der Waals surface area (Å²) >= 11 is 2.32. The molecule has 18 heavy (non-hydrogen) atoms. The molecule has 1 aliphatic carbocycles. The maximum atomic E-state index is 11.7. The highest BCUT2D eigenvalue weighted by Gasteiger charge is 2.33. The Labute approximate surface area is 126 Å². The van der Waals surface area contributed by atoms with E-state index in [1.54, 1.807) is 9.12 Å². The molecule has 1 unspecified atom stereocenters. The standard InChI is InChI=1S/C12H21IN2O2S/c1-2-17-12(16)7-11-9-15(18-13)6-5-14(11)8-10-3-4-10/h10-11H,2-9H2,1H3. The molecule has 1 saturated carbocycles. The summed E-state index contributed by atoms with van der Waals surface area (Å²) in [6, 6.07) is 0.334. The number of rotatable bonds is 6. The SMILES string of the molecule is CCOC(=O)CC1CN(SI)CCN1CC1CC1. The van der Waals surface area contributed by atoms with E-state index in [1.165, 1.54) is 19.4 Å². The Morgan fingerprint density at radius 2 is 2.22 bits per heavy atom. The van der Waals surface area contributed by atoms with Gasteiger partial charge in [-0.3, -0.25) is 9.69 Å². The molecule has 0 aromatic carbocycles. The maximum absolute atomic E-state index is 11.7. The van der Waals surface area contributed by atoms with E-state index in [9.17, 15) is 4.79 Å². The third-order valence-corrected chi connectivity index (χ3v) is 5.76. The number of hydrogen-bond donors (Lipinski definition) is 0. The van der Waals surface area contributed by atoms with Gasteiger partial charge in [-0.2, -0.15) is 0 Å². The molecular formula is C12H21IN2O2S. The van der Waals surface area contributed by atoms with Gasteiger partial charge in [0, 0.05) is 53.4 Å². The van der Waals surface area contributed by atoms with Crippen LogP contribution in [0.25, 0.3) is 0 Å². The summed E-state index contributed by atoms with van der Waals surface area (Å²) in [4.78, 5) is 14.2. The van der Waals surface area contributed by atoms with Crippen LogP contribution in [0.2, 0.25) is 0 Å². The van der Waals surface area contributed by atoms with Gasteiger partial charge in [0.2, 0.25) is 0 Å². The smallest absolute Gasteiger partial charge is 0.307 e. The van der Waals surface area contributed by atoms with Gasteiger partial charge in [0.05, 0.1) is 13.0 Å².